The molecule has 0 aromatic heterocycles. The molecule has 1 aromatic carbocycles. The Balaban J connectivity index is 1.82. The van der Waals surface area contributed by atoms with E-state index in [1.165, 1.54) is 12.8 Å². The van der Waals surface area contributed by atoms with Gasteiger partial charge < -0.3 is 5.32 Å². The van der Waals surface area contributed by atoms with Crippen LogP contribution in [0.2, 0.25) is 0 Å². The number of hydrogen-bond acceptors (Lipinski definition) is 3. The highest BCUT2D eigenvalue weighted by atomic mass is 32.2. The van der Waals surface area contributed by atoms with Gasteiger partial charge in [0.1, 0.15) is 0 Å². The van der Waals surface area contributed by atoms with Crippen LogP contribution < -0.4 is 10.5 Å². The van der Waals surface area contributed by atoms with Gasteiger partial charge in [-0.25, -0.2) is 13.6 Å². The Labute approximate surface area is 115 Å². The zero-order valence-electron chi connectivity index (χ0n) is 11.5. The fourth-order valence-electron chi connectivity index (χ4n) is 2.43. The van der Waals surface area contributed by atoms with Crippen molar-refractivity contribution in [1.29, 1.82) is 0 Å². The molecule has 1 aliphatic rings. The molecule has 3 N–H and O–H groups in total. The third kappa shape index (κ3) is 3.78. The van der Waals surface area contributed by atoms with E-state index < -0.39 is 10.0 Å². The first-order valence-corrected chi connectivity index (χ1v) is 8.26. The summed E-state index contributed by atoms with van der Waals surface area (Å²) in [6.45, 7) is 5.32. The van der Waals surface area contributed by atoms with Crippen molar-refractivity contribution in [3.05, 3.63) is 29.8 Å². The minimum Gasteiger partial charge on any atom is -0.310 e. The highest BCUT2D eigenvalue weighted by Gasteiger charge is 2.30. The zero-order chi connectivity index (χ0) is 14.0. The van der Waals surface area contributed by atoms with E-state index in [2.05, 4.69) is 19.2 Å². The molecule has 1 saturated carbocycles. The molecule has 1 aromatic rings. The lowest BCUT2D eigenvalue weighted by atomic mass is 9.73. The minimum absolute atomic E-state index is 0.166. The Bertz CT molecular complexity index is 517. The first-order valence-electron chi connectivity index (χ1n) is 6.71. The highest BCUT2D eigenvalue weighted by molar-refractivity contribution is 7.89. The van der Waals surface area contributed by atoms with E-state index in [1.807, 2.05) is 12.1 Å². The number of sulfonamides is 1. The van der Waals surface area contributed by atoms with E-state index in [-0.39, 0.29) is 4.90 Å². The number of primary sulfonamides is 1. The standard InChI is InChI=1S/C14H22N2O2S/c1-10(2)12-7-13(8-12)16-9-11-3-5-14(6-4-11)19(15,17)18/h3-6,10,12-13,16H,7-9H2,1-2H3,(H2,15,17,18). The van der Waals surface area contributed by atoms with Gasteiger partial charge in [-0.3, -0.25) is 0 Å². The maximum absolute atomic E-state index is 11.1. The van der Waals surface area contributed by atoms with Crippen LogP contribution in [0.3, 0.4) is 0 Å². The Morgan fingerprint density at radius 1 is 1.26 bits per heavy atom. The van der Waals surface area contributed by atoms with Crippen LogP contribution in [0.4, 0.5) is 0 Å². The lowest BCUT2D eigenvalue weighted by Crippen LogP contribution is -2.42. The lowest BCUT2D eigenvalue weighted by Gasteiger charge is -2.38. The van der Waals surface area contributed by atoms with Crippen LogP contribution in [-0.2, 0) is 16.6 Å². The molecular weight excluding hydrogens is 260 g/mol. The van der Waals surface area contributed by atoms with Crippen LogP contribution in [0.1, 0.15) is 32.3 Å². The summed E-state index contributed by atoms with van der Waals surface area (Å²) in [4.78, 5) is 0.166. The summed E-state index contributed by atoms with van der Waals surface area (Å²) in [6.07, 6.45) is 2.49. The second-order valence-electron chi connectivity index (χ2n) is 5.74. The summed E-state index contributed by atoms with van der Waals surface area (Å²) in [5.41, 5.74) is 1.08. The minimum atomic E-state index is -3.58. The molecule has 19 heavy (non-hydrogen) atoms. The zero-order valence-corrected chi connectivity index (χ0v) is 12.3. The van der Waals surface area contributed by atoms with Crippen LogP contribution >= 0.6 is 0 Å². The molecule has 2 rings (SSSR count). The third-order valence-electron chi connectivity index (χ3n) is 3.96. The third-order valence-corrected chi connectivity index (χ3v) is 4.89. The molecule has 5 heteroatoms. The fourth-order valence-corrected chi connectivity index (χ4v) is 2.95. The van der Waals surface area contributed by atoms with E-state index in [1.54, 1.807) is 12.1 Å². The lowest BCUT2D eigenvalue weighted by molar-refractivity contribution is 0.167. The van der Waals surface area contributed by atoms with Gasteiger partial charge in [0, 0.05) is 12.6 Å². The van der Waals surface area contributed by atoms with Crippen LogP contribution in [0.5, 0.6) is 0 Å². The molecule has 0 radical (unpaired) electrons. The molecule has 0 amide bonds. The molecular formula is C14H22N2O2S. The van der Waals surface area contributed by atoms with Gasteiger partial charge in [-0.2, -0.15) is 0 Å². The summed E-state index contributed by atoms with van der Waals surface area (Å²) >= 11 is 0. The normalized spacial score (nSPS) is 23.4. The monoisotopic (exact) mass is 282 g/mol. The smallest absolute Gasteiger partial charge is 0.238 e. The molecule has 0 spiro atoms. The van der Waals surface area contributed by atoms with Gasteiger partial charge >= 0.3 is 0 Å². The van der Waals surface area contributed by atoms with Crippen LogP contribution in [0.15, 0.2) is 29.2 Å². The van der Waals surface area contributed by atoms with Crippen molar-refractivity contribution in [2.45, 2.75) is 44.2 Å². The SMILES string of the molecule is CC(C)C1CC(NCc2ccc(S(N)(=O)=O)cc2)C1. The Hall–Kier alpha value is -0.910. The van der Waals surface area contributed by atoms with Gasteiger partial charge in [0.2, 0.25) is 10.0 Å². The maximum Gasteiger partial charge on any atom is 0.238 e. The number of rotatable bonds is 5. The molecule has 4 nitrogen and oxygen atoms in total. The first kappa shape index (κ1) is 14.5. The van der Waals surface area contributed by atoms with Crippen LogP contribution in [0, 0.1) is 11.8 Å². The summed E-state index contributed by atoms with van der Waals surface area (Å²) in [7, 11) is -3.58. The van der Waals surface area contributed by atoms with Crippen molar-refractivity contribution in [3.63, 3.8) is 0 Å². The summed E-state index contributed by atoms with van der Waals surface area (Å²) in [6, 6.07) is 7.34. The van der Waals surface area contributed by atoms with Crippen LogP contribution in [0.25, 0.3) is 0 Å². The van der Waals surface area contributed by atoms with E-state index in [0.717, 1.165) is 23.9 Å². The van der Waals surface area contributed by atoms with Crippen molar-refractivity contribution in [2.75, 3.05) is 0 Å². The van der Waals surface area contributed by atoms with Gasteiger partial charge in [0.05, 0.1) is 4.90 Å². The van der Waals surface area contributed by atoms with Gasteiger partial charge in [-0.05, 0) is 42.4 Å². The van der Waals surface area contributed by atoms with Crippen molar-refractivity contribution in [2.24, 2.45) is 17.0 Å². The Morgan fingerprint density at radius 2 is 1.84 bits per heavy atom. The van der Waals surface area contributed by atoms with Gasteiger partial charge in [0.15, 0.2) is 0 Å². The molecule has 0 aliphatic heterocycles. The second-order valence-corrected chi connectivity index (χ2v) is 7.30. The summed E-state index contributed by atoms with van der Waals surface area (Å²) in [5, 5.41) is 8.56. The molecule has 0 atom stereocenters. The molecule has 106 valence electrons. The topological polar surface area (TPSA) is 72.2 Å². The molecule has 1 aliphatic carbocycles. The van der Waals surface area contributed by atoms with Crippen molar-refractivity contribution in [3.8, 4) is 0 Å². The van der Waals surface area contributed by atoms with E-state index in [0.29, 0.717) is 6.04 Å². The average molecular weight is 282 g/mol. The molecule has 0 unspecified atom stereocenters. The quantitative estimate of drug-likeness (QED) is 0.866. The molecule has 0 bridgehead atoms. The largest absolute Gasteiger partial charge is 0.310 e. The van der Waals surface area contributed by atoms with Gasteiger partial charge in [-0.1, -0.05) is 26.0 Å². The second kappa shape index (κ2) is 5.61. The van der Waals surface area contributed by atoms with Crippen molar-refractivity contribution in [1.82, 2.24) is 5.32 Å². The van der Waals surface area contributed by atoms with E-state index in [4.69, 9.17) is 5.14 Å². The van der Waals surface area contributed by atoms with E-state index in [9.17, 15) is 8.42 Å². The molecule has 0 saturated heterocycles. The number of nitrogens with one attached hydrogen (secondary N) is 1. The van der Waals surface area contributed by atoms with Gasteiger partial charge in [0.25, 0.3) is 0 Å². The molecule has 1 fully saturated rings. The number of nitrogens with two attached hydrogens (primary N) is 1. The summed E-state index contributed by atoms with van der Waals surface area (Å²) < 4.78 is 22.3. The van der Waals surface area contributed by atoms with Crippen molar-refractivity contribution < 1.29 is 8.42 Å². The Morgan fingerprint density at radius 3 is 2.32 bits per heavy atom. The summed E-state index contributed by atoms with van der Waals surface area (Å²) in [5.74, 6) is 1.62. The highest BCUT2D eigenvalue weighted by Crippen LogP contribution is 2.33. The number of benzene rings is 1. The predicted molar refractivity (Wildman–Crippen MR) is 76.0 cm³/mol. The average Bonchev–Trinajstić information content (AvgIpc) is 2.25. The molecule has 0 heterocycles. The van der Waals surface area contributed by atoms with Crippen LogP contribution in [-0.4, -0.2) is 14.5 Å². The van der Waals surface area contributed by atoms with Gasteiger partial charge in [-0.15, -0.1) is 0 Å². The first-order chi connectivity index (χ1) is 8.86. The Kier molecular flexibility index (Phi) is 4.28. The number of hydrogen-bond donors (Lipinski definition) is 2. The van der Waals surface area contributed by atoms with Crippen molar-refractivity contribution >= 4 is 10.0 Å². The predicted octanol–water partition coefficient (Wildman–Crippen LogP) is 1.86. The fraction of sp³-hybridized carbons (Fsp3) is 0.571. The maximum atomic E-state index is 11.1. The van der Waals surface area contributed by atoms with E-state index >= 15 is 0 Å².